The fraction of sp³-hybridized carbons (Fsp3) is 0.273. The van der Waals surface area contributed by atoms with Crippen LogP contribution in [0, 0.1) is 0 Å². The molecule has 7 nitrogen and oxygen atoms in total. The van der Waals surface area contributed by atoms with Gasteiger partial charge in [0.25, 0.3) is 0 Å². The Hall–Kier alpha value is -2.09. The number of hydrogen-bond donors (Lipinski definition) is 1. The molecule has 0 aromatic heterocycles. The maximum Gasteiger partial charge on any atom is 0.394 e. The zero-order chi connectivity index (χ0) is 14.2. The second kappa shape index (κ2) is 4.54. The van der Waals surface area contributed by atoms with Gasteiger partial charge in [0.1, 0.15) is 5.75 Å². The van der Waals surface area contributed by atoms with Crippen molar-refractivity contribution in [3.63, 3.8) is 0 Å². The number of rotatable bonds is 1. The number of carboxylic acids is 1. The molecule has 1 N–H and O–H groups in total. The van der Waals surface area contributed by atoms with Crippen LogP contribution in [0.25, 0.3) is 0 Å². The van der Waals surface area contributed by atoms with Crippen LogP contribution in [0.4, 0.5) is 5.69 Å². The Kier molecular flexibility index (Phi) is 3.19. The predicted octanol–water partition coefficient (Wildman–Crippen LogP) is -0.0999. The van der Waals surface area contributed by atoms with Crippen molar-refractivity contribution < 1.29 is 27.9 Å². The Bertz CT molecular complexity index is 651. The molecule has 8 heteroatoms. The SMILES string of the molecule is COc1ccc2c(c1)N(C(=O)C(=O)O)CCS2(=O)=O. The summed E-state index contributed by atoms with van der Waals surface area (Å²) in [5.74, 6) is -2.75. The third-order valence-corrected chi connectivity index (χ3v) is 4.54. The van der Waals surface area contributed by atoms with Gasteiger partial charge in [-0.15, -0.1) is 0 Å². The molecule has 0 spiro atoms. The Morgan fingerprint density at radius 3 is 2.63 bits per heavy atom. The number of fused-ring (bicyclic) bond motifs is 1. The van der Waals surface area contributed by atoms with Crippen LogP contribution in [0.5, 0.6) is 5.75 Å². The zero-order valence-corrected chi connectivity index (χ0v) is 10.8. The van der Waals surface area contributed by atoms with Crippen molar-refractivity contribution >= 4 is 27.4 Å². The molecule has 0 bridgehead atoms. The lowest BCUT2D eigenvalue weighted by molar-refractivity contribution is -0.148. The molecule has 1 heterocycles. The number of aliphatic carboxylic acids is 1. The maximum absolute atomic E-state index is 11.9. The van der Waals surface area contributed by atoms with E-state index < -0.39 is 21.7 Å². The van der Waals surface area contributed by atoms with Crippen molar-refractivity contribution in [2.45, 2.75) is 4.90 Å². The Morgan fingerprint density at radius 2 is 2.05 bits per heavy atom. The Morgan fingerprint density at radius 1 is 1.37 bits per heavy atom. The molecule has 1 aliphatic rings. The molecule has 0 saturated carbocycles. The minimum atomic E-state index is -3.50. The summed E-state index contributed by atoms with van der Waals surface area (Å²) in [6, 6.07) is 4.10. The van der Waals surface area contributed by atoms with Crippen LogP contribution >= 0.6 is 0 Å². The zero-order valence-electron chi connectivity index (χ0n) is 9.99. The molecule has 0 fully saturated rings. The van der Waals surface area contributed by atoms with E-state index in [0.717, 1.165) is 4.90 Å². The topological polar surface area (TPSA) is 101 Å². The van der Waals surface area contributed by atoms with Gasteiger partial charge in [0.2, 0.25) is 0 Å². The largest absolute Gasteiger partial charge is 0.497 e. The van der Waals surface area contributed by atoms with Crippen LogP contribution in [-0.2, 0) is 19.4 Å². The first kappa shape index (κ1) is 13.3. The number of carbonyl (C=O) groups excluding carboxylic acids is 1. The summed E-state index contributed by atoms with van der Waals surface area (Å²) >= 11 is 0. The number of carboxylic acid groups (broad SMARTS) is 1. The van der Waals surface area contributed by atoms with Crippen molar-refractivity contribution in [2.24, 2.45) is 0 Å². The van der Waals surface area contributed by atoms with E-state index in [2.05, 4.69) is 0 Å². The molecule has 1 aliphatic heterocycles. The van der Waals surface area contributed by atoms with Gasteiger partial charge in [-0.25, -0.2) is 13.2 Å². The number of hydrogen-bond acceptors (Lipinski definition) is 5. The van der Waals surface area contributed by atoms with Gasteiger partial charge in [-0.05, 0) is 12.1 Å². The van der Waals surface area contributed by atoms with Crippen molar-refractivity contribution in [3.8, 4) is 5.75 Å². The van der Waals surface area contributed by atoms with E-state index in [-0.39, 0.29) is 22.9 Å². The third kappa shape index (κ3) is 2.26. The van der Waals surface area contributed by atoms with Crippen LogP contribution in [-0.4, -0.2) is 44.8 Å². The molecule has 0 radical (unpaired) electrons. The van der Waals surface area contributed by atoms with Gasteiger partial charge in [-0.1, -0.05) is 0 Å². The minimum absolute atomic E-state index is 0.0398. The maximum atomic E-state index is 11.9. The summed E-state index contributed by atoms with van der Waals surface area (Å²) in [7, 11) is -2.11. The standard InChI is InChI=1S/C11H11NO6S/c1-18-7-2-3-9-8(6-7)12(10(13)11(14)15)4-5-19(9,16)17/h2-3,6H,4-5H2,1H3,(H,14,15). The lowest BCUT2D eigenvalue weighted by Gasteiger charge is -2.28. The van der Waals surface area contributed by atoms with Crippen molar-refractivity contribution in [2.75, 3.05) is 24.3 Å². The molecule has 0 aliphatic carbocycles. The lowest BCUT2D eigenvalue weighted by atomic mass is 10.2. The first-order valence-electron chi connectivity index (χ1n) is 5.32. The van der Waals surface area contributed by atoms with E-state index in [1.165, 1.54) is 25.3 Å². The highest BCUT2D eigenvalue weighted by molar-refractivity contribution is 7.91. The highest BCUT2D eigenvalue weighted by atomic mass is 32.2. The first-order valence-corrected chi connectivity index (χ1v) is 6.97. The van der Waals surface area contributed by atoms with E-state index >= 15 is 0 Å². The number of carbonyl (C=O) groups is 2. The summed E-state index contributed by atoms with van der Waals surface area (Å²) in [6.07, 6.45) is 0. The van der Waals surface area contributed by atoms with E-state index in [1.54, 1.807) is 0 Å². The predicted molar refractivity (Wildman–Crippen MR) is 65.0 cm³/mol. The van der Waals surface area contributed by atoms with Crippen molar-refractivity contribution in [1.29, 1.82) is 0 Å². The molecule has 2 rings (SSSR count). The van der Waals surface area contributed by atoms with Gasteiger partial charge >= 0.3 is 11.9 Å². The number of benzene rings is 1. The third-order valence-electron chi connectivity index (χ3n) is 2.80. The molecule has 0 unspecified atom stereocenters. The van der Waals surface area contributed by atoms with E-state index in [0.29, 0.717) is 5.75 Å². The van der Waals surface area contributed by atoms with Gasteiger partial charge < -0.3 is 14.7 Å². The van der Waals surface area contributed by atoms with Gasteiger partial charge in [0.15, 0.2) is 9.84 Å². The fourth-order valence-corrected chi connectivity index (χ4v) is 3.27. The van der Waals surface area contributed by atoms with Crippen LogP contribution in [0.2, 0.25) is 0 Å². The Balaban J connectivity index is 2.61. The lowest BCUT2D eigenvalue weighted by Crippen LogP contribution is -2.43. The number of methoxy groups -OCH3 is 1. The summed E-state index contributed by atoms with van der Waals surface area (Å²) in [5.41, 5.74) is 0.0398. The highest BCUT2D eigenvalue weighted by Crippen LogP contribution is 2.33. The summed E-state index contributed by atoms with van der Waals surface area (Å²) in [5, 5.41) is 8.74. The first-order chi connectivity index (χ1) is 8.86. The normalized spacial score (nSPS) is 16.6. The van der Waals surface area contributed by atoms with Crippen LogP contribution in [0.3, 0.4) is 0 Å². The second-order valence-electron chi connectivity index (χ2n) is 3.91. The molecule has 1 aromatic carbocycles. The Labute approximate surface area is 109 Å². The highest BCUT2D eigenvalue weighted by Gasteiger charge is 2.34. The molecular formula is C11H11NO6S. The quantitative estimate of drug-likeness (QED) is 0.723. The average Bonchev–Trinajstić information content (AvgIpc) is 2.37. The van der Waals surface area contributed by atoms with E-state index in [4.69, 9.17) is 9.84 Å². The van der Waals surface area contributed by atoms with E-state index in [1.807, 2.05) is 0 Å². The van der Waals surface area contributed by atoms with Gasteiger partial charge in [-0.2, -0.15) is 0 Å². The molecule has 102 valence electrons. The van der Waals surface area contributed by atoms with Gasteiger partial charge in [0.05, 0.1) is 23.4 Å². The van der Waals surface area contributed by atoms with E-state index in [9.17, 15) is 18.0 Å². The molecule has 0 atom stereocenters. The number of amides is 1. The molecule has 0 saturated heterocycles. The summed E-state index contributed by atoms with van der Waals surface area (Å²) in [4.78, 5) is 23.2. The van der Waals surface area contributed by atoms with Crippen molar-refractivity contribution in [1.82, 2.24) is 0 Å². The number of sulfone groups is 1. The monoisotopic (exact) mass is 285 g/mol. The summed E-state index contributed by atoms with van der Waals surface area (Å²) < 4.78 is 28.7. The van der Waals surface area contributed by atoms with Crippen LogP contribution < -0.4 is 9.64 Å². The van der Waals surface area contributed by atoms with Crippen LogP contribution in [0.15, 0.2) is 23.1 Å². The molecule has 19 heavy (non-hydrogen) atoms. The summed E-state index contributed by atoms with van der Waals surface area (Å²) in [6.45, 7) is -0.187. The second-order valence-corrected chi connectivity index (χ2v) is 5.99. The smallest absolute Gasteiger partial charge is 0.394 e. The molecule has 1 aromatic rings. The average molecular weight is 285 g/mol. The minimum Gasteiger partial charge on any atom is -0.497 e. The number of anilines is 1. The molecular weight excluding hydrogens is 274 g/mol. The fourth-order valence-electron chi connectivity index (χ4n) is 1.87. The van der Waals surface area contributed by atoms with Gasteiger partial charge in [0, 0.05) is 12.6 Å². The molecule has 1 amide bonds. The number of nitrogens with zero attached hydrogens (tertiary/aromatic N) is 1. The van der Waals surface area contributed by atoms with Crippen LogP contribution in [0.1, 0.15) is 0 Å². The van der Waals surface area contributed by atoms with Crippen molar-refractivity contribution in [3.05, 3.63) is 18.2 Å². The number of ether oxygens (including phenoxy) is 1. The van der Waals surface area contributed by atoms with Gasteiger partial charge in [-0.3, -0.25) is 4.79 Å².